The van der Waals surface area contributed by atoms with Gasteiger partial charge in [0.2, 0.25) is 25.2 Å². The molecule has 0 fully saturated rings. The Bertz CT molecular complexity index is 780. The lowest BCUT2D eigenvalue weighted by Gasteiger charge is -2.09. The molecule has 2 rings (SSSR count). The molecule has 0 radical (unpaired) electrons. The zero-order valence-electron chi connectivity index (χ0n) is 12.4. The topological polar surface area (TPSA) is 118 Å². The van der Waals surface area contributed by atoms with E-state index in [-0.39, 0.29) is 10.2 Å². The van der Waals surface area contributed by atoms with E-state index in [0.29, 0.717) is 10.9 Å². The van der Waals surface area contributed by atoms with E-state index < -0.39 is 21.0 Å². The molecule has 0 aromatic carbocycles. The lowest BCUT2D eigenvalue weighted by Crippen LogP contribution is -2.32. The smallest absolute Gasteiger partial charge is 0.244 e. The van der Waals surface area contributed by atoms with E-state index in [1.807, 2.05) is 0 Å². The highest BCUT2D eigenvalue weighted by Gasteiger charge is 2.33. The van der Waals surface area contributed by atoms with Crippen molar-refractivity contribution in [1.82, 2.24) is 15.4 Å². The molecule has 22 heavy (non-hydrogen) atoms. The van der Waals surface area contributed by atoms with Crippen LogP contribution < -0.4 is 10.2 Å². The molecule has 0 aliphatic heterocycles. The fourth-order valence-corrected chi connectivity index (χ4v) is 3.86. The number of amides is 1. The van der Waals surface area contributed by atoms with Crippen LogP contribution in [0.3, 0.4) is 0 Å². The minimum absolute atomic E-state index is 0.163. The van der Waals surface area contributed by atoms with Crippen LogP contribution in [0.2, 0.25) is 0 Å². The first-order valence-corrected chi connectivity index (χ1v) is 8.57. The predicted octanol–water partition coefficient (Wildman–Crippen LogP) is 0.701. The van der Waals surface area contributed by atoms with E-state index in [4.69, 9.17) is 4.52 Å². The predicted molar refractivity (Wildman–Crippen MR) is 80.8 cm³/mol. The number of anilines is 2. The van der Waals surface area contributed by atoms with E-state index in [9.17, 15) is 13.2 Å². The maximum atomic E-state index is 12.4. The van der Waals surface area contributed by atoms with Crippen molar-refractivity contribution in [2.75, 3.05) is 24.3 Å². The normalized spacial score (nSPS) is 12.9. The molecule has 2 aromatic heterocycles. The van der Waals surface area contributed by atoms with Crippen LogP contribution in [0.15, 0.2) is 14.9 Å². The Balaban J connectivity index is 2.18. The molecule has 1 N–H and O–H groups in total. The molecule has 0 aliphatic carbocycles. The molecule has 0 saturated heterocycles. The van der Waals surface area contributed by atoms with Crippen LogP contribution in [0.25, 0.3) is 0 Å². The van der Waals surface area contributed by atoms with Gasteiger partial charge in [-0.05, 0) is 13.8 Å². The van der Waals surface area contributed by atoms with Gasteiger partial charge in [0, 0.05) is 20.2 Å². The van der Waals surface area contributed by atoms with Crippen molar-refractivity contribution in [1.29, 1.82) is 0 Å². The van der Waals surface area contributed by atoms with E-state index in [0.717, 1.165) is 11.3 Å². The first-order chi connectivity index (χ1) is 10.2. The van der Waals surface area contributed by atoms with E-state index in [1.165, 1.54) is 13.0 Å². The summed E-state index contributed by atoms with van der Waals surface area (Å²) < 4.78 is 29.4. The van der Waals surface area contributed by atoms with Crippen molar-refractivity contribution in [2.24, 2.45) is 0 Å². The number of carbonyl (C=O) groups excluding carboxylic acids is 1. The zero-order valence-corrected chi connectivity index (χ0v) is 14.0. The van der Waals surface area contributed by atoms with Gasteiger partial charge in [0.15, 0.2) is 5.82 Å². The summed E-state index contributed by atoms with van der Waals surface area (Å²) in [4.78, 5) is 13.7. The number of carbonyl (C=O) groups is 1. The van der Waals surface area contributed by atoms with Crippen LogP contribution >= 0.6 is 11.3 Å². The molecule has 11 heteroatoms. The van der Waals surface area contributed by atoms with Crippen molar-refractivity contribution in [3.63, 3.8) is 0 Å². The van der Waals surface area contributed by atoms with Gasteiger partial charge < -0.3 is 14.7 Å². The van der Waals surface area contributed by atoms with Crippen LogP contribution in [-0.2, 0) is 14.6 Å². The zero-order chi connectivity index (χ0) is 16.5. The highest BCUT2D eigenvalue weighted by molar-refractivity contribution is 7.94. The molecule has 0 unspecified atom stereocenters. The van der Waals surface area contributed by atoms with Crippen LogP contribution in [0.4, 0.5) is 10.9 Å². The number of hydrogen-bond acceptors (Lipinski definition) is 9. The molecule has 0 bridgehead atoms. The van der Waals surface area contributed by atoms with Gasteiger partial charge in [-0.15, -0.1) is 10.2 Å². The second-order valence-electron chi connectivity index (χ2n) is 4.74. The van der Waals surface area contributed by atoms with Gasteiger partial charge >= 0.3 is 0 Å². The monoisotopic (exact) mass is 345 g/mol. The minimum atomic E-state index is -3.92. The molecule has 2 aromatic rings. The molecule has 0 aliphatic rings. The highest BCUT2D eigenvalue weighted by Crippen LogP contribution is 2.25. The summed E-state index contributed by atoms with van der Waals surface area (Å²) in [6.07, 6.45) is 0. The molecular weight excluding hydrogens is 330 g/mol. The largest absolute Gasteiger partial charge is 0.360 e. The number of aryl methyl sites for hydroxylation is 1. The van der Waals surface area contributed by atoms with Gasteiger partial charge in [0.25, 0.3) is 0 Å². The number of hydrogen-bond donors (Lipinski definition) is 1. The number of nitrogens with one attached hydrogen (secondary N) is 1. The number of aromatic nitrogens is 3. The van der Waals surface area contributed by atoms with Gasteiger partial charge in [-0.1, -0.05) is 16.5 Å². The van der Waals surface area contributed by atoms with Crippen molar-refractivity contribution in [2.45, 2.75) is 23.4 Å². The fraction of sp³-hybridized carbons (Fsp3) is 0.455. The summed E-state index contributed by atoms with van der Waals surface area (Å²) in [5.41, 5.74) is 0. The van der Waals surface area contributed by atoms with Crippen LogP contribution in [0, 0.1) is 6.92 Å². The third-order valence-electron chi connectivity index (χ3n) is 2.74. The summed E-state index contributed by atoms with van der Waals surface area (Å²) in [6.45, 7) is 2.95. The third kappa shape index (κ3) is 3.25. The molecule has 1 atom stereocenters. The van der Waals surface area contributed by atoms with Gasteiger partial charge in [0.1, 0.15) is 11.0 Å². The second kappa shape index (κ2) is 6.01. The Morgan fingerprint density at radius 2 is 2.09 bits per heavy atom. The molecule has 1 amide bonds. The summed E-state index contributed by atoms with van der Waals surface area (Å²) in [5, 5.41) is 12.5. The molecular formula is C11H15N5O4S2. The van der Waals surface area contributed by atoms with Gasteiger partial charge in [-0.2, -0.15) is 0 Å². The van der Waals surface area contributed by atoms with Gasteiger partial charge in [-0.25, -0.2) is 8.42 Å². The average Bonchev–Trinajstić information content (AvgIpc) is 3.07. The highest BCUT2D eigenvalue weighted by atomic mass is 32.2. The first-order valence-electron chi connectivity index (χ1n) is 6.20. The average molecular weight is 345 g/mol. The van der Waals surface area contributed by atoms with E-state index >= 15 is 0 Å². The van der Waals surface area contributed by atoms with Crippen molar-refractivity contribution >= 4 is 38.0 Å². The number of sulfone groups is 1. The summed E-state index contributed by atoms with van der Waals surface area (Å²) in [7, 11) is -0.472. The SMILES string of the molecule is Cc1cc(NC(=O)[C@@H](C)S(=O)(=O)c2nnc(N(C)C)s2)no1. The van der Waals surface area contributed by atoms with Crippen molar-refractivity contribution in [3.8, 4) is 0 Å². The van der Waals surface area contributed by atoms with Gasteiger partial charge in [-0.3, -0.25) is 4.79 Å². The molecule has 2 heterocycles. The molecule has 120 valence electrons. The Morgan fingerprint density at radius 3 is 2.59 bits per heavy atom. The summed E-state index contributed by atoms with van der Waals surface area (Å²) >= 11 is 0.906. The van der Waals surface area contributed by atoms with Crippen molar-refractivity contribution < 1.29 is 17.7 Å². The summed E-state index contributed by atoms with van der Waals surface area (Å²) in [5.74, 6) is -0.0451. The van der Waals surface area contributed by atoms with Gasteiger partial charge in [0.05, 0.1) is 0 Å². The lowest BCUT2D eigenvalue weighted by molar-refractivity contribution is -0.115. The van der Waals surface area contributed by atoms with Crippen LogP contribution in [-0.4, -0.2) is 49.0 Å². The van der Waals surface area contributed by atoms with E-state index in [2.05, 4.69) is 20.7 Å². The summed E-state index contributed by atoms with van der Waals surface area (Å²) in [6, 6.07) is 1.49. The van der Waals surface area contributed by atoms with E-state index in [1.54, 1.807) is 25.9 Å². The second-order valence-corrected chi connectivity index (χ2v) is 8.14. The Hall–Kier alpha value is -2.01. The maximum absolute atomic E-state index is 12.4. The molecule has 0 saturated carbocycles. The Kier molecular flexibility index (Phi) is 4.47. The van der Waals surface area contributed by atoms with Crippen LogP contribution in [0.1, 0.15) is 12.7 Å². The first kappa shape index (κ1) is 16.4. The standard InChI is InChI=1S/C11H15N5O4S2/c1-6-5-8(15-20-6)12-9(17)7(2)22(18,19)11-14-13-10(21-11)16(3)4/h5,7H,1-4H3,(H,12,15,17)/t7-/m1/s1. The maximum Gasteiger partial charge on any atom is 0.244 e. The number of nitrogens with zero attached hydrogens (tertiary/aromatic N) is 4. The van der Waals surface area contributed by atoms with Crippen molar-refractivity contribution in [3.05, 3.63) is 11.8 Å². The third-order valence-corrected chi connectivity index (χ3v) is 6.28. The van der Waals surface area contributed by atoms with Crippen LogP contribution in [0.5, 0.6) is 0 Å². The minimum Gasteiger partial charge on any atom is -0.360 e. The lowest BCUT2D eigenvalue weighted by atomic mass is 10.4. The Labute approximate surface area is 131 Å². The molecule has 0 spiro atoms. The molecule has 9 nitrogen and oxygen atoms in total. The Morgan fingerprint density at radius 1 is 1.41 bits per heavy atom. The quantitative estimate of drug-likeness (QED) is 0.841. The fourth-order valence-electron chi connectivity index (χ4n) is 1.44. The number of rotatable bonds is 5.